The number of aromatic nitrogens is 1. The molecule has 0 saturated heterocycles. The number of hydrogen-bond donors (Lipinski definition) is 2. The molecular weight excluding hydrogens is 254 g/mol. The molecule has 0 amide bonds. The van der Waals surface area contributed by atoms with Gasteiger partial charge in [0.15, 0.2) is 0 Å². The molecule has 5 heteroatoms. The van der Waals surface area contributed by atoms with Crippen molar-refractivity contribution in [3.63, 3.8) is 0 Å². The Balaban J connectivity index is 1.97. The number of methoxy groups -OCH3 is 1. The summed E-state index contributed by atoms with van der Waals surface area (Å²) >= 11 is 0. The molecule has 0 atom stereocenters. The molecule has 104 valence electrons. The van der Waals surface area contributed by atoms with Gasteiger partial charge in [-0.05, 0) is 36.2 Å². The van der Waals surface area contributed by atoms with Gasteiger partial charge in [-0.15, -0.1) is 0 Å². The molecule has 2 aromatic rings. The van der Waals surface area contributed by atoms with Crippen LogP contribution >= 0.6 is 0 Å². The second kappa shape index (κ2) is 6.56. The molecule has 0 spiro atoms. The lowest BCUT2D eigenvalue weighted by atomic mass is 10.1. The van der Waals surface area contributed by atoms with E-state index in [-0.39, 0.29) is 0 Å². The minimum absolute atomic E-state index is 0.395. The molecule has 0 saturated carbocycles. The van der Waals surface area contributed by atoms with E-state index in [0.717, 1.165) is 12.1 Å². The van der Waals surface area contributed by atoms with E-state index < -0.39 is 5.97 Å². The molecule has 0 fully saturated rings. The summed E-state index contributed by atoms with van der Waals surface area (Å²) in [4.78, 5) is 15.7. The number of benzene rings is 1. The van der Waals surface area contributed by atoms with Crippen LogP contribution in [0.25, 0.3) is 0 Å². The van der Waals surface area contributed by atoms with Gasteiger partial charge in [-0.3, -0.25) is 0 Å². The van der Waals surface area contributed by atoms with Crippen molar-refractivity contribution >= 4 is 17.5 Å². The summed E-state index contributed by atoms with van der Waals surface area (Å²) < 4.78 is 4.72. The van der Waals surface area contributed by atoms with Crippen LogP contribution in [0.4, 0.5) is 11.5 Å². The molecule has 0 aliphatic rings. The van der Waals surface area contributed by atoms with Gasteiger partial charge in [0.2, 0.25) is 0 Å². The van der Waals surface area contributed by atoms with E-state index in [1.54, 1.807) is 18.3 Å². The Morgan fingerprint density at radius 1 is 1.30 bits per heavy atom. The van der Waals surface area contributed by atoms with Crippen molar-refractivity contribution in [3.05, 3.63) is 53.7 Å². The van der Waals surface area contributed by atoms with Crippen LogP contribution in [0.2, 0.25) is 0 Å². The average Bonchev–Trinajstić information content (AvgIpc) is 2.49. The van der Waals surface area contributed by atoms with E-state index in [0.29, 0.717) is 17.9 Å². The Kier molecular flexibility index (Phi) is 4.55. The molecule has 2 rings (SSSR count). The first-order valence-electron chi connectivity index (χ1n) is 6.32. The highest BCUT2D eigenvalue weighted by Crippen LogP contribution is 2.13. The minimum Gasteiger partial charge on any atom is -0.465 e. The molecule has 0 radical (unpaired) electrons. The van der Waals surface area contributed by atoms with Gasteiger partial charge in [0.05, 0.1) is 7.11 Å². The number of nitrogens with zero attached hydrogens (tertiary/aromatic N) is 1. The fourth-order valence-electron chi connectivity index (χ4n) is 1.83. The van der Waals surface area contributed by atoms with Gasteiger partial charge < -0.3 is 15.8 Å². The monoisotopic (exact) mass is 271 g/mol. The first-order chi connectivity index (χ1) is 9.70. The summed E-state index contributed by atoms with van der Waals surface area (Å²) in [5.41, 5.74) is 7.99. The Hall–Kier alpha value is -2.56. The number of anilines is 2. The first kappa shape index (κ1) is 13.9. The number of esters is 1. The van der Waals surface area contributed by atoms with Crippen LogP contribution in [0.3, 0.4) is 0 Å². The van der Waals surface area contributed by atoms with Crippen molar-refractivity contribution in [2.24, 2.45) is 0 Å². The van der Waals surface area contributed by atoms with Gasteiger partial charge in [0.25, 0.3) is 0 Å². The molecule has 0 aliphatic heterocycles. The Morgan fingerprint density at radius 3 is 2.75 bits per heavy atom. The molecule has 0 bridgehead atoms. The van der Waals surface area contributed by atoms with Crippen LogP contribution in [0.5, 0.6) is 0 Å². The van der Waals surface area contributed by atoms with Crippen LogP contribution in [-0.4, -0.2) is 24.6 Å². The molecule has 0 aliphatic carbocycles. The maximum Gasteiger partial charge on any atom is 0.341 e. The van der Waals surface area contributed by atoms with Gasteiger partial charge in [-0.2, -0.15) is 0 Å². The topological polar surface area (TPSA) is 77.2 Å². The normalized spacial score (nSPS) is 10.1. The van der Waals surface area contributed by atoms with Gasteiger partial charge in [0, 0.05) is 18.4 Å². The van der Waals surface area contributed by atoms with E-state index >= 15 is 0 Å². The second-order valence-corrected chi connectivity index (χ2v) is 4.31. The SMILES string of the molecule is COC(=O)c1cccnc1NCCc1ccc(N)cc1. The van der Waals surface area contributed by atoms with Crippen molar-refractivity contribution < 1.29 is 9.53 Å². The highest BCUT2D eigenvalue weighted by Gasteiger charge is 2.11. The summed E-state index contributed by atoms with van der Waals surface area (Å²) in [5.74, 6) is 0.142. The maximum atomic E-state index is 11.6. The Labute approximate surface area is 117 Å². The summed E-state index contributed by atoms with van der Waals surface area (Å²) in [5, 5.41) is 3.15. The third-order valence-corrected chi connectivity index (χ3v) is 2.90. The molecular formula is C15H17N3O2. The van der Waals surface area contributed by atoms with Crippen molar-refractivity contribution in [3.8, 4) is 0 Å². The second-order valence-electron chi connectivity index (χ2n) is 4.31. The van der Waals surface area contributed by atoms with Gasteiger partial charge >= 0.3 is 5.97 Å². The quantitative estimate of drug-likeness (QED) is 0.643. The van der Waals surface area contributed by atoms with Crippen molar-refractivity contribution in [1.82, 2.24) is 4.98 Å². The van der Waals surface area contributed by atoms with Crippen LogP contribution in [0.15, 0.2) is 42.6 Å². The number of nitrogens with two attached hydrogens (primary N) is 1. The van der Waals surface area contributed by atoms with Gasteiger partial charge in [-0.1, -0.05) is 12.1 Å². The zero-order valence-electron chi connectivity index (χ0n) is 11.3. The molecule has 5 nitrogen and oxygen atoms in total. The molecule has 1 heterocycles. The van der Waals surface area contributed by atoms with Crippen molar-refractivity contribution in [2.45, 2.75) is 6.42 Å². The summed E-state index contributed by atoms with van der Waals surface area (Å²) in [6.45, 7) is 0.672. The molecule has 20 heavy (non-hydrogen) atoms. The van der Waals surface area contributed by atoms with E-state index in [2.05, 4.69) is 10.3 Å². The number of carbonyl (C=O) groups excluding carboxylic acids is 1. The van der Waals surface area contributed by atoms with Crippen LogP contribution < -0.4 is 11.1 Å². The number of hydrogen-bond acceptors (Lipinski definition) is 5. The fraction of sp³-hybridized carbons (Fsp3) is 0.200. The van der Waals surface area contributed by atoms with Crippen molar-refractivity contribution in [2.75, 3.05) is 24.7 Å². The molecule has 0 unspecified atom stereocenters. The molecule has 1 aromatic carbocycles. The number of rotatable bonds is 5. The summed E-state index contributed by atoms with van der Waals surface area (Å²) in [6.07, 6.45) is 2.45. The van der Waals surface area contributed by atoms with Crippen molar-refractivity contribution in [1.29, 1.82) is 0 Å². The lowest BCUT2D eigenvalue weighted by Gasteiger charge is -2.09. The third kappa shape index (κ3) is 3.47. The summed E-state index contributed by atoms with van der Waals surface area (Å²) in [7, 11) is 1.35. The standard InChI is InChI=1S/C15H17N3O2/c1-20-15(19)13-3-2-9-17-14(13)18-10-8-11-4-6-12(16)7-5-11/h2-7,9H,8,10,16H2,1H3,(H,17,18). The smallest absolute Gasteiger partial charge is 0.341 e. The average molecular weight is 271 g/mol. The van der Waals surface area contributed by atoms with Crippen LogP contribution in [0, 0.1) is 0 Å². The number of nitrogens with one attached hydrogen (secondary N) is 1. The third-order valence-electron chi connectivity index (χ3n) is 2.90. The highest BCUT2D eigenvalue weighted by molar-refractivity contribution is 5.94. The van der Waals surface area contributed by atoms with Gasteiger partial charge in [0.1, 0.15) is 11.4 Å². The summed E-state index contributed by atoms with van der Waals surface area (Å²) in [6, 6.07) is 11.1. The van der Waals surface area contributed by atoms with Crippen LogP contribution in [0.1, 0.15) is 15.9 Å². The largest absolute Gasteiger partial charge is 0.465 e. The molecule has 1 aromatic heterocycles. The first-order valence-corrected chi connectivity index (χ1v) is 6.32. The minimum atomic E-state index is -0.395. The fourth-order valence-corrected chi connectivity index (χ4v) is 1.83. The number of nitrogen functional groups attached to an aromatic ring is 1. The van der Waals surface area contributed by atoms with Gasteiger partial charge in [-0.25, -0.2) is 9.78 Å². The molecule has 3 N–H and O–H groups in total. The van der Waals surface area contributed by atoms with E-state index in [4.69, 9.17) is 10.5 Å². The van der Waals surface area contributed by atoms with E-state index in [9.17, 15) is 4.79 Å². The highest BCUT2D eigenvalue weighted by atomic mass is 16.5. The zero-order chi connectivity index (χ0) is 14.4. The lowest BCUT2D eigenvalue weighted by Crippen LogP contribution is -2.12. The van der Waals surface area contributed by atoms with E-state index in [1.165, 1.54) is 12.7 Å². The number of carbonyl (C=O) groups is 1. The predicted molar refractivity (Wildman–Crippen MR) is 78.6 cm³/mol. The predicted octanol–water partition coefficient (Wildman–Crippen LogP) is 2.10. The van der Waals surface area contributed by atoms with E-state index in [1.807, 2.05) is 24.3 Å². The number of pyridine rings is 1. The Morgan fingerprint density at radius 2 is 2.05 bits per heavy atom. The van der Waals surface area contributed by atoms with Crippen LogP contribution in [-0.2, 0) is 11.2 Å². The lowest BCUT2D eigenvalue weighted by molar-refractivity contribution is 0.0601. The maximum absolute atomic E-state index is 11.6. The zero-order valence-corrected chi connectivity index (χ0v) is 11.3. The number of ether oxygens (including phenoxy) is 1. The Bertz CT molecular complexity index is 582.